The normalized spacial score (nSPS) is 11.4. The molecule has 1 N–H and O–H groups in total. The largest absolute Gasteiger partial charge is 0.344 e. The van der Waals surface area contributed by atoms with Gasteiger partial charge in [0.2, 0.25) is 0 Å². The summed E-state index contributed by atoms with van der Waals surface area (Å²) in [5.41, 5.74) is 3.67. The van der Waals surface area contributed by atoms with E-state index in [0.717, 1.165) is 25.3 Å². The average molecular weight is 260 g/mol. The lowest BCUT2D eigenvalue weighted by molar-refractivity contribution is 0.551. The van der Waals surface area contributed by atoms with Crippen molar-refractivity contribution < 1.29 is 0 Å². The van der Waals surface area contributed by atoms with Gasteiger partial charge >= 0.3 is 0 Å². The molecule has 2 aromatic rings. The molecule has 4 heteroatoms. The Balaban J connectivity index is 2.12. The Hall–Kier alpha value is -1.55. The Morgan fingerprint density at radius 2 is 2.11 bits per heavy atom. The van der Waals surface area contributed by atoms with Gasteiger partial charge in [-0.15, -0.1) is 0 Å². The number of aryl methyl sites for hydroxylation is 2. The average Bonchev–Trinajstić information content (AvgIpc) is 2.93. The fraction of sp³-hybridized carbons (Fsp3) is 0.533. The summed E-state index contributed by atoms with van der Waals surface area (Å²) in [7, 11) is 0. The van der Waals surface area contributed by atoms with Crippen molar-refractivity contribution in [2.24, 2.45) is 0 Å². The molecule has 19 heavy (non-hydrogen) atoms. The number of nitrogens with zero attached hydrogens (tertiary/aromatic N) is 3. The molecule has 0 saturated carbocycles. The number of aromatic nitrogens is 3. The molecule has 0 aliphatic rings. The van der Waals surface area contributed by atoms with Gasteiger partial charge in [-0.2, -0.15) is 5.10 Å². The molecule has 0 fully saturated rings. The zero-order chi connectivity index (χ0) is 13.8. The van der Waals surface area contributed by atoms with Crippen LogP contribution in [0.2, 0.25) is 0 Å². The zero-order valence-electron chi connectivity index (χ0n) is 12.3. The SMILES string of the molecule is CCn1nc(C)cc1Cn1cccc1CNC(C)C. The highest BCUT2D eigenvalue weighted by Crippen LogP contribution is 2.10. The van der Waals surface area contributed by atoms with Crippen LogP contribution in [0.5, 0.6) is 0 Å². The van der Waals surface area contributed by atoms with Crippen LogP contribution in [0.15, 0.2) is 24.4 Å². The molecular formula is C15H24N4. The van der Waals surface area contributed by atoms with Gasteiger partial charge in [-0.3, -0.25) is 4.68 Å². The number of hydrogen-bond donors (Lipinski definition) is 1. The van der Waals surface area contributed by atoms with Gasteiger partial charge in [-0.1, -0.05) is 13.8 Å². The van der Waals surface area contributed by atoms with E-state index in [9.17, 15) is 0 Å². The van der Waals surface area contributed by atoms with Gasteiger partial charge in [-0.05, 0) is 32.0 Å². The second-order valence-electron chi connectivity index (χ2n) is 5.26. The fourth-order valence-electron chi connectivity index (χ4n) is 2.25. The summed E-state index contributed by atoms with van der Waals surface area (Å²) in [6.45, 7) is 11.2. The van der Waals surface area contributed by atoms with Crippen molar-refractivity contribution in [1.29, 1.82) is 0 Å². The maximum Gasteiger partial charge on any atom is 0.0642 e. The molecule has 0 saturated heterocycles. The standard InChI is InChI=1S/C15H24N4/c1-5-19-15(9-13(4)17-19)11-18-8-6-7-14(18)10-16-12(2)3/h6-9,12,16H,5,10-11H2,1-4H3. The fourth-order valence-corrected chi connectivity index (χ4v) is 2.25. The molecule has 0 bridgehead atoms. The molecule has 0 amide bonds. The first kappa shape index (κ1) is 13.9. The van der Waals surface area contributed by atoms with Crippen molar-refractivity contribution >= 4 is 0 Å². The molecule has 104 valence electrons. The van der Waals surface area contributed by atoms with Crippen molar-refractivity contribution in [3.8, 4) is 0 Å². The smallest absolute Gasteiger partial charge is 0.0642 e. The topological polar surface area (TPSA) is 34.8 Å². The highest BCUT2D eigenvalue weighted by molar-refractivity contribution is 5.14. The maximum atomic E-state index is 4.50. The summed E-state index contributed by atoms with van der Waals surface area (Å²) < 4.78 is 4.37. The molecule has 0 aliphatic carbocycles. The Labute approximate surface area is 115 Å². The van der Waals surface area contributed by atoms with Gasteiger partial charge < -0.3 is 9.88 Å². The molecule has 0 aliphatic heterocycles. The summed E-state index contributed by atoms with van der Waals surface area (Å²) in [6, 6.07) is 6.96. The molecule has 0 spiro atoms. The molecule has 0 unspecified atom stereocenters. The van der Waals surface area contributed by atoms with E-state index in [4.69, 9.17) is 0 Å². The second-order valence-corrected chi connectivity index (χ2v) is 5.26. The summed E-state index contributed by atoms with van der Waals surface area (Å²) >= 11 is 0. The Bertz CT molecular complexity index is 522. The van der Waals surface area contributed by atoms with Gasteiger partial charge in [0.15, 0.2) is 0 Å². The van der Waals surface area contributed by atoms with Gasteiger partial charge in [0.1, 0.15) is 0 Å². The highest BCUT2D eigenvalue weighted by Gasteiger charge is 2.07. The third kappa shape index (κ3) is 3.47. The predicted molar refractivity (Wildman–Crippen MR) is 78.1 cm³/mol. The van der Waals surface area contributed by atoms with Crippen LogP contribution in [0.25, 0.3) is 0 Å². The van der Waals surface area contributed by atoms with Crippen LogP contribution in [-0.4, -0.2) is 20.4 Å². The van der Waals surface area contributed by atoms with E-state index < -0.39 is 0 Å². The minimum absolute atomic E-state index is 0.506. The summed E-state index contributed by atoms with van der Waals surface area (Å²) in [4.78, 5) is 0. The lowest BCUT2D eigenvalue weighted by Gasteiger charge is -2.12. The van der Waals surface area contributed by atoms with Gasteiger partial charge in [0.25, 0.3) is 0 Å². The Morgan fingerprint density at radius 1 is 1.32 bits per heavy atom. The van der Waals surface area contributed by atoms with E-state index in [1.54, 1.807) is 0 Å². The van der Waals surface area contributed by atoms with Crippen molar-refractivity contribution in [3.63, 3.8) is 0 Å². The molecule has 0 aromatic carbocycles. The van der Waals surface area contributed by atoms with Crippen LogP contribution in [0.4, 0.5) is 0 Å². The molecule has 2 aromatic heterocycles. The third-order valence-electron chi connectivity index (χ3n) is 3.23. The first-order valence-electron chi connectivity index (χ1n) is 7.01. The van der Waals surface area contributed by atoms with Crippen LogP contribution >= 0.6 is 0 Å². The Kier molecular flexibility index (Phi) is 4.43. The van der Waals surface area contributed by atoms with Crippen molar-refractivity contribution in [3.05, 3.63) is 41.5 Å². The molecular weight excluding hydrogens is 236 g/mol. The third-order valence-corrected chi connectivity index (χ3v) is 3.23. The minimum Gasteiger partial charge on any atom is -0.344 e. The summed E-state index contributed by atoms with van der Waals surface area (Å²) in [5.74, 6) is 0. The predicted octanol–water partition coefficient (Wildman–Crippen LogP) is 2.56. The monoisotopic (exact) mass is 260 g/mol. The molecule has 0 radical (unpaired) electrons. The van der Waals surface area contributed by atoms with Crippen LogP contribution < -0.4 is 5.32 Å². The lowest BCUT2D eigenvalue weighted by atomic mass is 10.3. The molecule has 2 rings (SSSR count). The van der Waals surface area contributed by atoms with Gasteiger partial charge in [-0.25, -0.2) is 0 Å². The first-order valence-corrected chi connectivity index (χ1v) is 7.01. The number of rotatable bonds is 6. The van der Waals surface area contributed by atoms with E-state index >= 15 is 0 Å². The minimum atomic E-state index is 0.506. The molecule has 0 atom stereocenters. The summed E-state index contributed by atoms with van der Waals surface area (Å²) in [5, 5.41) is 7.97. The van der Waals surface area contributed by atoms with E-state index in [0.29, 0.717) is 6.04 Å². The molecule has 4 nitrogen and oxygen atoms in total. The van der Waals surface area contributed by atoms with Gasteiger partial charge in [0.05, 0.1) is 17.9 Å². The lowest BCUT2D eigenvalue weighted by Crippen LogP contribution is -2.23. The number of hydrogen-bond acceptors (Lipinski definition) is 2. The van der Waals surface area contributed by atoms with E-state index in [2.05, 4.69) is 64.8 Å². The van der Waals surface area contributed by atoms with Crippen molar-refractivity contribution in [2.45, 2.75) is 53.4 Å². The van der Waals surface area contributed by atoms with E-state index in [1.165, 1.54) is 11.4 Å². The number of nitrogens with one attached hydrogen (secondary N) is 1. The zero-order valence-corrected chi connectivity index (χ0v) is 12.3. The van der Waals surface area contributed by atoms with Crippen LogP contribution in [-0.2, 0) is 19.6 Å². The van der Waals surface area contributed by atoms with E-state index in [1.807, 2.05) is 6.92 Å². The second kappa shape index (κ2) is 6.06. The van der Waals surface area contributed by atoms with Crippen molar-refractivity contribution in [2.75, 3.05) is 0 Å². The van der Waals surface area contributed by atoms with Crippen LogP contribution in [0.3, 0.4) is 0 Å². The van der Waals surface area contributed by atoms with Crippen LogP contribution in [0.1, 0.15) is 37.9 Å². The van der Waals surface area contributed by atoms with Crippen molar-refractivity contribution in [1.82, 2.24) is 19.7 Å². The van der Waals surface area contributed by atoms with E-state index in [-0.39, 0.29) is 0 Å². The highest BCUT2D eigenvalue weighted by atomic mass is 15.3. The quantitative estimate of drug-likeness (QED) is 0.866. The van der Waals surface area contributed by atoms with Crippen LogP contribution in [0, 0.1) is 6.92 Å². The summed E-state index contributed by atoms with van der Waals surface area (Å²) in [6.07, 6.45) is 2.14. The van der Waals surface area contributed by atoms with Gasteiger partial charge in [0, 0.05) is 31.0 Å². The molecule has 2 heterocycles. The first-order chi connectivity index (χ1) is 9.10. The Morgan fingerprint density at radius 3 is 2.79 bits per heavy atom. The maximum absolute atomic E-state index is 4.50.